The largest absolute Gasteiger partial charge is 0.466 e. The van der Waals surface area contributed by atoms with Crippen molar-refractivity contribution in [2.45, 2.75) is 38.7 Å². The molecule has 1 aliphatic rings. The van der Waals surface area contributed by atoms with E-state index in [9.17, 15) is 26.7 Å². The van der Waals surface area contributed by atoms with E-state index in [4.69, 9.17) is 4.74 Å². The summed E-state index contributed by atoms with van der Waals surface area (Å²) < 4.78 is 76.6. The maximum atomic E-state index is 14.2. The Morgan fingerprint density at radius 3 is 2.17 bits per heavy atom. The summed E-state index contributed by atoms with van der Waals surface area (Å²) in [5.41, 5.74) is 0. The third-order valence-electron chi connectivity index (χ3n) is 4.03. The SMILES string of the molecule is CCOC(=O)C1CCC(C(F)(F)Oc2cc(F)c(F)c(F)c2)CC1. The number of rotatable bonds is 5. The molecule has 134 valence electrons. The molecule has 0 saturated heterocycles. The first-order chi connectivity index (χ1) is 11.2. The van der Waals surface area contributed by atoms with Crippen molar-refractivity contribution in [2.75, 3.05) is 6.61 Å². The van der Waals surface area contributed by atoms with Crippen molar-refractivity contribution in [2.24, 2.45) is 11.8 Å². The number of halogens is 5. The number of ether oxygens (including phenoxy) is 2. The van der Waals surface area contributed by atoms with Crippen LogP contribution in [-0.2, 0) is 9.53 Å². The van der Waals surface area contributed by atoms with Gasteiger partial charge in [0.1, 0.15) is 5.75 Å². The zero-order chi connectivity index (χ0) is 17.9. The number of alkyl halides is 2. The second-order valence-electron chi connectivity index (χ2n) is 5.67. The lowest BCUT2D eigenvalue weighted by Crippen LogP contribution is -2.38. The Morgan fingerprint density at radius 2 is 1.67 bits per heavy atom. The van der Waals surface area contributed by atoms with Gasteiger partial charge in [0.2, 0.25) is 0 Å². The Labute approximate surface area is 135 Å². The monoisotopic (exact) mass is 352 g/mol. The first-order valence-electron chi connectivity index (χ1n) is 7.62. The van der Waals surface area contributed by atoms with Crippen molar-refractivity contribution in [3.8, 4) is 5.75 Å². The average Bonchev–Trinajstić information content (AvgIpc) is 2.52. The molecule has 0 N–H and O–H groups in total. The molecular formula is C16H17F5O3. The van der Waals surface area contributed by atoms with E-state index in [1.54, 1.807) is 6.92 Å². The summed E-state index contributed by atoms with van der Waals surface area (Å²) in [6, 6.07) is 0.743. The fourth-order valence-electron chi connectivity index (χ4n) is 2.76. The Balaban J connectivity index is 2.00. The van der Waals surface area contributed by atoms with Gasteiger partial charge in [-0.05, 0) is 32.6 Å². The van der Waals surface area contributed by atoms with Gasteiger partial charge in [-0.3, -0.25) is 4.79 Å². The third kappa shape index (κ3) is 4.15. The maximum Gasteiger partial charge on any atom is 0.400 e. The first-order valence-corrected chi connectivity index (χ1v) is 7.62. The molecule has 0 amide bonds. The minimum atomic E-state index is -3.68. The highest BCUT2D eigenvalue weighted by Crippen LogP contribution is 2.40. The van der Waals surface area contributed by atoms with Crippen molar-refractivity contribution >= 4 is 5.97 Å². The third-order valence-corrected chi connectivity index (χ3v) is 4.03. The number of carbonyl (C=O) groups is 1. The van der Waals surface area contributed by atoms with Gasteiger partial charge in [0.15, 0.2) is 17.5 Å². The van der Waals surface area contributed by atoms with Crippen LogP contribution in [0.1, 0.15) is 32.6 Å². The number of esters is 1. The fourth-order valence-corrected chi connectivity index (χ4v) is 2.76. The van der Waals surface area contributed by atoms with Gasteiger partial charge in [0, 0.05) is 12.1 Å². The van der Waals surface area contributed by atoms with Crippen LogP contribution in [0, 0.1) is 29.3 Å². The molecule has 3 nitrogen and oxygen atoms in total. The molecule has 0 aromatic heterocycles. The molecule has 2 rings (SSSR count). The first kappa shape index (κ1) is 18.5. The smallest absolute Gasteiger partial charge is 0.400 e. The lowest BCUT2D eigenvalue weighted by Gasteiger charge is -2.32. The minimum Gasteiger partial charge on any atom is -0.466 e. The van der Waals surface area contributed by atoms with E-state index in [2.05, 4.69) is 4.74 Å². The van der Waals surface area contributed by atoms with Gasteiger partial charge in [0.05, 0.1) is 18.4 Å². The molecule has 8 heteroatoms. The second-order valence-corrected chi connectivity index (χ2v) is 5.67. The van der Waals surface area contributed by atoms with Gasteiger partial charge in [0.25, 0.3) is 0 Å². The summed E-state index contributed by atoms with van der Waals surface area (Å²) in [4.78, 5) is 11.6. The van der Waals surface area contributed by atoms with Crippen molar-refractivity contribution in [1.82, 2.24) is 0 Å². The summed E-state index contributed by atoms with van der Waals surface area (Å²) in [5, 5.41) is 0. The van der Waals surface area contributed by atoms with E-state index in [-0.39, 0.29) is 32.3 Å². The Hall–Kier alpha value is -1.86. The molecule has 1 aliphatic carbocycles. The molecule has 1 saturated carbocycles. The molecule has 0 bridgehead atoms. The predicted molar refractivity (Wildman–Crippen MR) is 74.0 cm³/mol. The highest BCUT2D eigenvalue weighted by Gasteiger charge is 2.45. The van der Waals surface area contributed by atoms with Crippen molar-refractivity contribution < 1.29 is 36.2 Å². The van der Waals surface area contributed by atoms with Crippen LogP contribution in [0.5, 0.6) is 5.75 Å². The Bertz CT molecular complexity index is 574. The molecule has 1 aromatic carbocycles. The van der Waals surface area contributed by atoms with Crippen LogP contribution in [0.15, 0.2) is 12.1 Å². The van der Waals surface area contributed by atoms with Crippen LogP contribution in [-0.4, -0.2) is 18.7 Å². The Morgan fingerprint density at radius 1 is 1.12 bits per heavy atom. The summed E-state index contributed by atoms with van der Waals surface area (Å²) in [7, 11) is 0. The highest BCUT2D eigenvalue weighted by atomic mass is 19.3. The molecule has 1 fully saturated rings. The Kier molecular flexibility index (Phi) is 5.66. The van der Waals surface area contributed by atoms with Crippen LogP contribution < -0.4 is 4.74 Å². The molecular weight excluding hydrogens is 335 g/mol. The minimum absolute atomic E-state index is 0.00262. The van der Waals surface area contributed by atoms with E-state index in [0.717, 1.165) is 0 Å². The topological polar surface area (TPSA) is 35.5 Å². The van der Waals surface area contributed by atoms with Gasteiger partial charge in [-0.15, -0.1) is 0 Å². The zero-order valence-corrected chi connectivity index (χ0v) is 13.0. The standard InChI is InChI=1S/C16H17F5O3/c1-2-23-15(22)9-3-5-10(6-4-9)16(20,21)24-11-7-12(17)14(19)13(18)8-11/h7-10H,2-6H2,1H3. The predicted octanol–water partition coefficient (Wildman–Crippen LogP) is 4.45. The van der Waals surface area contributed by atoms with E-state index in [0.29, 0.717) is 12.1 Å². The quantitative estimate of drug-likeness (QED) is 0.446. The zero-order valence-electron chi connectivity index (χ0n) is 13.0. The van der Waals surface area contributed by atoms with E-state index in [1.165, 1.54) is 0 Å². The van der Waals surface area contributed by atoms with E-state index in [1.807, 2.05) is 0 Å². The second kappa shape index (κ2) is 7.36. The average molecular weight is 352 g/mol. The summed E-state index contributed by atoms with van der Waals surface area (Å²) in [5.74, 6) is -7.80. The molecule has 0 unspecified atom stereocenters. The van der Waals surface area contributed by atoms with Crippen molar-refractivity contribution in [3.63, 3.8) is 0 Å². The number of hydrogen-bond donors (Lipinski definition) is 0. The van der Waals surface area contributed by atoms with Gasteiger partial charge in [-0.1, -0.05) is 0 Å². The number of carbonyl (C=O) groups excluding carboxylic acids is 1. The fraction of sp³-hybridized carbons (Fsp3) is 0.562. The molecule has 0 radical (unpaired) electrons. The summed E-state index contributed by atoms with van der Waals surface area (Å²) in [6.45, 7) is 1.88. The normalized spacial score (nSPS) is 21.4. The molecule has 24 heavy (non-hydrogen) atoms. The van der Waals surface area contributed by atoms with Gasteiger partial charge in [-0.25, -0.2) is 13.2 Å². The van der Waals surface area contributed by atoms with Crippen LogP contribution in [0.4, 0.5) is 22.0 Å². The van der Waals surface area contributed by atoms with Crippen LogP contribution in [0.25, 0.3) is 0 Å². The van der Waals surface area contributed by atoms with Gasteiger partial charge < -0.3 is 9.47 Å². The van der Waals surface area contributed by atoms with Crippen molar-refractivity contribution in [1.29, 1.82) is 0 Å². The van der Waals surface area contributed by atoms with Gasteiger partial charge in [-0.2, -0.15) is 8.78 Å². The molecule has 1 aromatic rings. The summed E-state index contributed by atoms with van der Waals surface area (Å²) >= 11 is 0. The molecule has 0 heterocycles. The molecule has 0 spiro atoms. The maximum absolute atomic E-state index is 14.2. The summed E-state index contributed by atoms with van der Waals surface area (Å²) in [6.07, 6.45) is -3.25. The number of benzene rings is 1. The van der Waals surface area contributed by atoms with Crippen LogP contribution in [0.2, 0.25) is 0 Å². The van der Waals surface area contributed by atoms with Crippen LogP contribution >= 0.6 is 0 Å². The van der Waals surface area contributed by atoms with E-state index < -0.39 is 47.1 Å². The van der Waals surface area contributed by atoms with E-state index >= 15 is 0 Å². The molecule has 0 aliphatic heterocycles. The van der Waals surface area contributed by atoms with Crippen LogP contribution in [0.3, 0.4) is 0 Å². The van der Waals surface area contributed by atoms with Crippen molar-refractivity contribution in [3.05, 3.63) is 29.6 Å². The lowest BCUT2D eigenvalue weighted by atomic mass is 9.81. The van der Waals surface area contributed by atoms with Gasteiger partial charge >= 0.3 is 12.1 Å². The number of hydrogen-bond acceptors (Lipinski definition) is 3. The molecule has 0 atom stereocenters. The highest BCUT2D eigenvalue weighted by molar-refractivity contribution is 5.72. The lowest BCUT2D eigenvalue weighted by molar-refractivity contribution is -0.224.